The lowest BCUT2D eigenvalue weighted by Gasteiger charge is -2.04. The Kier molecular flexibility index (Phi) is 3.40. The van der Waals surface area contributed by atoms with Crippen LogP contribution < -0.4 is 4.74 Å². The predicted molar refractivity (Wildman–Crippen MR) is 67.1 cm³/mol. The van der Waals surface area contributed by atoms with Crippen molar-refractivity contribution in [2.75, 3.05) is 0 Å². The minimum atomic E-state index is 0.415. The van der Waals surface area contributed by atoms with E-state index in [4.69, 9.17) is 10.00 Å². The van der Waals surface area contributed by atoms with Crippen molar-refractivity contribution in [3.8, 4) is 11.8 Å². The van der Waals surface area contributed by atoms with E-state index in [1.165, 1.54) is 4.88 Å². The fraction of sp³-hybridized carbons (Fsp3) is 0.231. The summed E-state index contributed by atoms with van der Waals surface area (Å²) in [5, 5.41) is 9.86. The molecule has 0 saturated carbocycles. The standard InChI is InChI=1S/C13H12N2OS/c1-9-10(2)17-13(15-9)8-16-12-6-4-3-5-11(12)7-14/h3-6H,8H2,1-2H3. The van der Waals surface area contributed by atoms with E-state index in [0.717, 1.165) is 10.7 Å². The second-order valence-electron chi connectivity index (χ2n) is 3.65. The van der Waals surface area contributed by atoms with Crippen LogP contribution in [-0.4, -0.2) is 4.98 Å². The molecule has 0 aliphatic carbocycles. The quantitative estimate of drug-likeness (QED) is 0.832. The van der Waals surface area contributed by atoms with Crippen molar-refractivity contribution in [1.82, 2.24) is 4.98 Å². The van der Waals surface area contributed by atoms with Gasteiger partial charge in [-0.15, -0.1) is 11.3 Å². The molecule has 0 atom stereocenters. The number of hydrogen-bond acceptors (Lipinski definition) is 4. The van der Waals surface area contributed by atoms with Crippen LogP contribution in [0.3, 0.4) is 0 Å². The maximum atomic E-state index is 8.92. The van der Waals surface area contributed by atoms with Gasteiger partial charge in [0.25, 0.3) is 0 Å². The average Bonchev–Trinajstić information content (AvgIpc) is 2.66. The molecule has 0 saturated heterocycles. The fourth-order valence-corrected chi connectivity index (χ4v) is 2.27. The zero-order valence-corrected chi connectivity index (χ0v) is 10.5. The van der Waals surface area contributed by atoms with Crippen LogP contribution in [0.5, 0.6) is 5.75 Å². The summed E-state index contributed by atoms with van der Waals surface area (Å²) in [5.41, 5.74) is 1.60. The van der Waals surface area contributed by atoms with Crippen LogP contribution in [0.2, 0.25) is 0 Å². The van der Waals surface area contributed by atoms with E-state index in [9.17, 15) is 0 Å². The van der Waals surface area contributed by atoms with Gasteiger partial charge in [-0.1, -0.05) is 12.1 Å². The van der Waals surface area contributed by atoms with Gasteiger partial charge in [0.05, 0.1) is 11.3 Å². The summed E-state index contributed by atoms with van der Waals surface area (Å²) in [5.74, 6) is 0.612. The van der Waals surface area contributed by atoms with Crippen molar-refractivity contribution >= 4 is 11.3 Å². The van der Waals surface area contributed by atoms with Gasteiger partial charge < -0.3 is 4.74 Å². The van der Waals surface area contributed by atoms with E-state index in [1.54, 1.807) is 23.5 Å². The van der Waals surface area contributed by atoms with E-state index in [2.05, 4.69) is 11.1 Å². The van der Waals surface area contributed by atoms with Gasteiger partial charge in [0.1, 0.15) is 23.4 Å². The molecule has 17 heavy (non-hydrogen) atoms. The molecule has 0 spiro atoms. The maximum absolute atomic E-state index is 8.92. The van der Waals surface area contributed by atoms with Crippen molar-refractivity contribution in [2.24, 2.45) is 0 Å². The molecule has 0 amide bonds. The largest absolute Gasteiger partial charge is 0.485 e. The van der Waals surface area contributed by atoms with E-state index >= 15 is 0 Å². The highest BCUT2D eigenvalue weighted by molar-refractivity contribution is 7.11. The van der Waals surface area contributed by atoms with Crippen molar-refractivity contribution in [3.05, 3.63) is 45.4 Å². The molecular formula is C13H12N2OS. The third kappa shape index (κ3) is 2.63. The molecule has 0 aliphatic rings. The van der Waals surface area contributed by atoms with Crippen LogP contribution in [-0.2, 0) is 6.61 Å². The van der Waals surface area contributed by atoms with Gasteiger partial charge in [-0.05, 0) is 26.0 Å². The number of aryl methyl sites for hydroxylation is 2. The number of ether oxygens (including phenoxy) is 1. The molecule has 2 rings (SSSR count). The molecular weight excluding hydrogens is 232 g/mol. The van der Waals surface area contributed by atoms with E-state index in [1.807, 2.05) is 26.0 Å². The normalized spacial score (nSPS) is 9.94. The molecule has 1 aromatic carbocycles. The summed E-state index contributed by atoms with van der Waals surface area (Å²) in [6, 6.07) is 9.33. The lowest BCUT2D eigenvalue weighted by atomic mass is 10.2. The minimum Gasteiger partial charge on any atom is -0.485 e. The van der Waals surface area contributed by atoms with Crippen LogP contribution >= 0.6 is 11.3 Å². The number of aromatic nitrogens is 1. The SMILES string of the molecule is Cc1nc(COc2ccccc2C#N)sc1C. The second kappa shape index (κ2) is 4.98. The lowest BCUT2D eigenvalue weighted by Crippen LogP contribution is -1.96. The highest BCUT2D eigenvalue weighted by atomic mass is 32.1. The van der Waals surface area contributed by atoms with Crippen molar-refractivity contribution in [3.63, 3.8) is 0 Å². The number of para-hydroxylation sites is 1. The molecule has 0 unspecified atom stereocenters. The summed E-state index contributed by atoms with van der Waals surface area (Å²) in [6.07, 6.45) is 0. The van der Waals surface area contributed by atoms with E-state index in [0.29, 0.717) is 17.9 Å². The number of nitriles is 1. The third-order valence-electron chi connectivity index (χ3n) is 2.43. The highest BCUT2D eigenvalue weighted by Gasteiger charge is 2.06. The Labute approximate surface area is 104 Å². The maximum Gasteiger partial charge on any atom is 0.140 e. The zero-order valence-electron chi connectivity index (χ0n) is 9.73. The summed E-state index contributed by atoms with van der Waals surface area (Å²) < 4.78 is 5.61. The Morgan fingerprint density at radius 3 is 2.76 bits per heavy atom. The Bertz CT molecular complexity index is 550. The van der Waals surface area contributed by atoms with Crippen LogP contribution in [0.15, 0.2) is 24.3 Å². The third-order valence-corrected chi connectivity index (χ3v) is 3.48. The molecule has 0 bridgehead atoms. The number of hydrogen-bond donors (Lipinski definition) is 0. The van der Waals surface area contributed by atoms with Crippen LogP contribution in [0, 0.1) is 25.2 Å². The summed E-state index contributed by atoms with van der Waals surface area (Å²) in [6.45, 7) is 4.44. The number of rotatable bonds is 3. The first-order valence-corrected chi connectivity index (χ1v) is 6.07. The fourth-order valence-electron chi connectivity index (χ4n) is 1.43. The van der Waals surface area contributed by atoms with Crippen molar-refractivity contribution < 1.29 is 4.74 Å². The Balaban J connectivity index is 2.10. The van der Waals surface area contributed by atoms with Crippen LogP contribution in [0.4, 0.5) is 0 Å². The van der Waals surface area contributed by atoms with Crippen LogP contribution in [0.1, 0.15) is 21.1 Å². The molecule has 3 nitrogen and oxygen atoms in total. The molecule has 1 aromatic heterocycles. The predicted octanol–water partition coefficient (Wildman–Crippen LogP) is 3.21. The van der Waals surface area contributed by atoms with Gasteiger partial charge in [0.2, 0.25) is 0 Å². The number of benzene rings is 1. The van der Waals surface area contributed by atoms with Gasteiger partial charge in [-0.25, -0.2) is 4.98 Å². The second-order valence-corrected chi connectivity index (χ2v) is 4.93. The summed E-state index contributed by atoms with van der Waals surface area (Å²) >= 11 is 1.63. The van der Waals surface area contributed by atoms with Gasteiger partial charge in [0.15, 0.2) is 0 Å². The minimum absolute atomic E-state index is 0.415. The van der Waals surface area contributed by atoms with E-state index < -0.39 is 0 Å². The molecule has 0 aliphatic heterocycles. The van der Waals surface area contributed by atoms with Gasteiger partial charge in [-0.2, -0.15) is 5.26 Å². The Hall–Kier alpha value is -1.86. The monoisotopic (exact) mass is 244 g/mol. The molecule has 0 fully saturated rings. The average molecular weight is 244 g/mol. The van der Waals surface area contributed by atoms with Gasteiger partial charge >= 0.3 is 0 Å². The Morgan fingerprint density at radius 2 is 2.12 bits per heavy atom. The molecule has 1 heterocycles. The van der Waals surface area contributed by atoms with Gasteiger partial charge in [-0.3, -0.25) is 0 Å². The number of nitrogens with zero attached hydrogens (tertiary/aromatic N) is 2. The van der Waals surface area contributed by atoms with Crippen molar-refractivity contribution in [1.29, 1.82) is 5.26 Å². The first-order valence-electron chi connectivity index (χ1n) is 5.25. The smallest absolute Gasteiger partial charge is 0.140 e. The molecule has 2 aromatic rings. The zero-order chi connectivity index (χ0) is 12.3. The first kappa shape index (κ1) is 11.6. The Morgan fingerprint density at radius 1 is 1.35 bits per heavy atom. The van der Waals surface area contributed by atoms with E-state index in [-0.39, 0.29) is 0 Å². The lowest BCUT2D eigenvalue weighted by molar-refractivity contribution is 0.304. The molecule has 4 heteroatoms. The first-order chi connectivity index (χ1) is 8.20. The van der Waals surface area contributed by atoms with Crippen LogP contribution in [0.25, 0.3) is 0 Å². The summed E-state index contributed by atoms with van der Waals surface area (Å²) in [7, 11) is 0. The molecule has 86 valence electrons. The van der Waals surface area contributed by atoms with Gasteiger partial charge in [0, 0.05) is 4.88 Å². The highest BCUT2D eigenvalue weighted by Crippen LogP contribution is 2.21. The topological polar surface area (TPSA) is 45.9 Å². The number of thiazole rings is 1. The molecule has 0 radical (unpaired) electrons. The summed E-state index contributed by atoms with van der Waals surface area (Å²) in [4.78, 5) is 5.60. The van der Waals surface area contributed by atoms with Crippen molar-refractivity contribution in [2.45, 2.75) is 20.5 Å². The molecule has 0 N–H and O–H groups in total.